The lowest BCUT2D eigenvalue weighted by Gasteiger charge is -2.20. The predicted molar refractivity (Wildman–Crippen MR) is 158 cm³/mol. The van der Waals surface area contributed by atoms with Crippen molar-refractivity contribution in [1.82, 2.24) is 21.3 Å². The van der Waals surface area contributed by atoms with Crippen LogP contribution < -0.4 is 32.7 Å². The Kier molecular flexibility index (Phi) is 21.0. The van der Waals surface area contributed by atoms with Crippen molar-refractivity contribution in [3.05, 3.63) is 0 Å². The maximum absolute atomic E-state index is 12.7. The second-order valence-electron chi connectivity index (χ2n) is 8.82. The van der Waals surface area contributed by atoms with Gasteiger partial charge in [0.25, 0.3) is 0 Å². The fourth-order valence-electron chi connectivity index (χ4n) is 2.94. The predicted octanol–water partition coefficient (Wildman–Crippen LogP) is -2.92. The number of carboxylic acids is 2. The van der Waals surface area contributed by atoms with Crippen molar-refractivity contribution in [3.8, 4) is 0 Å². The van der Waals surface area contributed by atoms with E-state index in [-0.39, 0.29) is 50.4 Å². The molecule has 0 saturated carbocycles. The second kappa shape index (κ2) is 22.9. The number of carbonyl (C=O) groups is 8. The molecule has 0 bridgehead atoms. The molecule has 0 aromatic heterocycles. The quantitative estimate of drug-likeness (QED) is 0.0307. The van der Waals surface area contributed by atoms with Crippen LogP contribution in [0.1, 0.15) is 39.5 Å². The van der Waals surface area contributed by atoms with Gasteiger partial charge < -0.3 is 52.4 Å². The molecule has 18 nitrogen and oxygen atoms in total. The Hall–Kier alpha value is -3.62. The number of aliphatic carboxylic acids is 2. The largest absolute Gasteiger partial charge is 0.480 e. The van der Waals surface area contributed by atoms with Gasteiger partial charge in [0.05, 0.1) is 13.2 Å². The number of ether oxygens (including phenoxy) is 2. The van der Waals surface area contributed by atoms with Gasteiger partial charge in [0, 0.05) is 24.3 Å². The second-order valence-corrected chi connectivity index (χ2v) is 11.4. The van der Waals surface area contributed by atoms with Crippen LogP contribution in [0.4, 0.5) is 0 Å². The third kappa shape index (κ3) is 18.8. The molecule has 0 aromatic rings. The van der Waals surface area contributed by atoms with Crippen molar-refractivity contribution in [2.45, 2.75) is 63.7 Å². The van der Waals surface area contributed by atoms with E-state index in [1.807, 2.05) is 0 Å². The molecule has 0 aliphatic rings. The van der Waals surface area contributed by atoms with E-state index < -0.39 is 84.8 Å². The van der Waals surface area contributed by atoms with Crippen molar-refractivity contribution < 1.29 is 58.0 Å². The molecular weight excluding hydrogens is 628 g/mol. The first-order chi connectivity index (χ1) is 20.7. The molecule has 0 saturated heterocycles. The number of nitrogens with one attached hydrogen (secondary N) is 4. The van der Waals surface area contributed by atoms with Gasteiger partial charge in [0.2, 0.25) is 23.6 Å². The fourth-order valence-corrected chi connectivity index (χ4v) is 5.27. The third-order valence-electron chi connectivity index (χ3n) is 5.28. The molecule has 20 heteroatoms. The molecule has 0 heterocycles. The first-order valence-corrected chi connectivity index (χ1v) is 15.9. The van der Waals surface area contributed by atoms with Crippen LogP contribution >= 0.6 is 21.6 Å². The van der Waals surface area contributed by atoms with Crippen LogP contribution in [0.3, 0.4) is 0 Å². The zero-order valence-corrected chi connectivity index (χ0v) is 26.0. The summed E-state index contributed by atoms with van der Waals surface area (Å²) in [6, 6.07) is -4.97. The van der Waals surface area contributed by atoms with Gasteiger partial charge >= 0.3 is 23.9 Å². The third-order valence-corrected chi connectivity index (χ3v) is 7.70. The molecule has 0 spiro atoms. The Balaban J connectivity index is 5.35. The van der Waals surface area contributed by atoms with Crippen molar-refractivity contribution in [2.75, 3.05) is 37.8 Å². The van der Waals surface area contributed by atoms with Gasteiger partial charge in [-0.1, -0.05) is 21.6 Å². The van der Waals surface area contributed by atoms with Crippen LogP contribution in [-0.2, 0) is 47.8 Å². The molecular formula is C24H40N6O12S2. The molecule has 0 aromatic carbocycles. The Morgan fingerprint density at radius 2 is 1.00 bits per heavy atom. The molecule has 44 heavy (non-hydrogen) atoms. The Morgan fingerprint density at radius 3 is 1.30 bits per heavy atom. The van der Waals surface area contributed by atoms with E-state index in [1.54, 1.807) is 13.8 Å². The highest BCUT2D eigenvalue weighted by Gasteiger charge is 2.26. The minimum atomic E-state index is -1.30. The highest BCUT2D eigenvalue weighted by molar-refractivity contribution is 8.76. The molecule has 0 aliphatic heterocycles. The lowest BCUT2D eigenvalue weighted by atomic mass is 10.1. The normalized spacial score (nSPS) is 13.3. The van der Waals surface area contributed by atoms with Crippen LogP contribution in [0.25, 0.3) is 0 Å². The summed E-state index contributed by atoms with van der Waals surface area (Å²) in [4.78, 5) is 95.2. The Labute approximate surface area is 261 Å². The van der Waals surface area contributed by atoms with Crippen LogP contribution in [0, 0.1) is 0 Å². The molecule has 250 valence electrons. The van der Waals surface area contributed by atoms with E-state index >= 15 is 0 Å². The zero-order valence-electron chi connectivity index (χ0n) is 24.3. The van der Waals surface area contributed by atoms with Gasteiger partial charge in [0.15, 0.2) is 0 Å². The minimum Gasteiger partial charge on any atom is -0.480 e. The molecule has 4 amide bonds. The maximum Gasteiger partial charge on any atom is 0.325 e. The van der Waals surface area contributed by atoms with Gasteiger partial charge in [-0.2, -0.15) is 0 Å². The van der Waals surface area contributed by atoms with Crippen molar-refractivity contribution >= 4 is 69.1 Å². The van der Waals surface area contributed by atoms with Crippen molar-refractivity contribution in [2.24, 2.45) is 11.5 Å². The maximum atomic E-state index is 12.7. The molecule has 0 rings (SSSR count). The number of rotatable bonds is 23. The van der Waals surface area contributed by atoms with Gasteiger partial charge in [-0.05, 0) is 26.7 Å². The van der Waals surface area contributed by atoms with Crippen LogP contribution in [-0.4, -0.2) is 120 Å². The van der Waals surface area contributed by atoms with Gasteiger partial charge in [-0.3, -0.25) is 38.4 Å². The molecule has 4 atom stereocenters. The summed E-state index contributed by atoms with van der Waals surface area (Å²) in [5, 5.41) is 27.3. The van der Waals surface area contributed by atoms with Crippen molar-refractivity contribution in [1.29, 1.82) is 0 Å². The number of carbonyl (C=O) groups excluding carboxylic acids is 6. The van der Waals surface area contributed by atoms with E-state index in [9.17, 15) is 38.4 Å². The SMILES string of the molecule is CCOC(=O)CNC(=O)[C@H](CSSC[C@H](NC(=O)CC[C@H](N)C(=O)O)C(=O)NCC(=O)OCC)NC(=O)CC[C@H](N)C(=O)O. The lowest BCUT2D eigenvalue weighted by Crippen LogP contribution is -2.50. The average Bonchev–Trinajstić information content (AvgIpc) is 2.96. The lowest BCUT2D eigenvalue weighted by molar-refractivity contribution is -0.144. The van der Waals surface area contributed by atoms with Gasteiger partial charge in [-0.15, -0.1) is 0 Å². The molecule has 0 aliphatic carbocycles. The summed E-state index contributed by atoms with van der Waals surface area (Å²) in [5.41, 5.74) is 10.8. The molecule has 0 unspecified atom stereocenters. The topological polar surface area (TPSA) is 296 Å². The monoisotopic (exact) mass is 668 g/mol. The number of carboxylic acid groups (broad SMARTS) is 2. The van der Waals surface area contributed by atoms with Gasteiger partial charge in [0.1, 0.15) is 37.3 Å². The first-order valence-electron chi connectivity index (χ1n) is 13.4. The van der Waals surface area contributed by atoms with E-state index in [0.29, 0.717) is 0 Å². The summed E-state index contributed by atoms with van der Waals surface area (Å²) < 4.78 is 9.50. The molecule has 0 radical (unpaired) electrons. The summed E-state index contributed by atoms with van der Waals surface area (Å²) in [6.07, 6.45) is -0.986. The highest BCUT2D eigenvalue weighted by atomic mass is 33.1. The minimum absolute atomic E-state index is 0.0859. The van der Waals surface area contributed by atoms with E-state index in [0.717, 1.165) is 21.6 Å². The fraction of sp³-hybridized carbons (Fsp3) is 0.667. The average molecular weight is 669 g/mol. The van der Waals surface area contributed by atoms with Crippen LogP contribution in [0.2, 0.25) is 0 Å². The van der Waals surface area contributed by atoms with Crippen molar-refractivity contribution in [3.63, 3.8) is 0 Å². The van der Waals surface area contributed by atoms with Crippen LogP contribution in [0.15, 0.2) is 0 Å². The summed E-state index contributed by atoms with van der Waals surface area (Å²) in [7, 11) is 2.04. The molecule has 0 fully saturated rings. The number of nitrogens with two attached hydrogens (primary N) is 2. The summed E-state index contributed by atoms with van der Waals surface area (Å²) >= 11 is 0. The van der Waals surface area contributed by atoms with E-state index in [2.05, 4.69) is 21.3 Å². The summed E-state index contributed by atoms with van der Waals surface area (Å²) in [5.74, 6) is -7.03. The number of esters is 2. The smallest absolute Gasteiger partial charge is 0.325 e. The Bertz CT molecular complexity index is 940. The van der Waals surface area contributed by atoms with Gasteiger partial charge in [-0.25, -0.2) is 0 Å². The summed E-state index contributed by atoms with van der Waals surface area (Å²) in [6.45, 7) is 2.39. The molecule has 10 N–H and O–H groups in total. The number of hydrogen-bond donors (Lipinski definition) is 8. The van der Waals surface area contributed by atoms with Crippen LogP contribution in [0.5, 0.6) is 0 Å². The van der Waals surface area contributed by atoms with E-state index in [4.69, 9.17) is 31.2 Å². The number of hydrogen-bond acceptors (Lipinski definition) is 14. The van der Waals surface area contributed by atoms with E-state index in [1.165, 1.54) is 0 Å². The standard InChI is InChI=1S/C24H40N6O12S2/c1-3-41-19(33)9-27-21(35)15(29-17(31)7-5-13(25)23(37)38)11-43-44-12-16(22(36)28-10-20(34)42-4-2)30-18(32)8-6-14(26)24(39)40/h13-16H,3-12,25-26H2,1-2H3,(H,27,35)(H,28,36)(H,29,31)(H,30,32)(H,37,38)(H,39,40)/t13-,14-,15-,16-/m0/s1. The highest BCUT2D eigenvalue weighted by Crippen LogP contribution is 2.23. The zero-order chi connectivity index (χ0) is 33.7. The number of amides is 4. The first kappa shape index (κ1) is 40.4. The Morgan fingerprint density at radius 1 is 0.659 bits per heavy atom.